The van der Waals surface area contributed by atoms with E-state index in [4.69, 9.17) is 16.0 Å². The molecule has 0 unspecified atom stereocenters. The molecule has 0 saturated carbocycles. The molecule has 0 fully saturated rings. The number of fused-ring (bicyclic) bond motifs is 1. The number of nitrogens with zero attached hydrogens (tertiary/aromatic N) is 2. The summed E-state index contributed by atoms with van der Waals surface area (Å²) in [5.41, 5.74) is 7.03. The maximum absolute atomic E-state index is 13.2. The van der Waals surface area contributed by atoms with Crippen molar-refractivity contribution in [1.82, 2.24) is 21.4 Å². The Morgan fingerprint density at radius 2 is 1.87 bits per heavy atom. The molecular weight excluding hydrogens is 514 g/mol. The Balaban J connectivity index is 1.59. The summed E-state index contributed by atoms with van der Waals surface area (Å²) in [5, 5.41) is 9.14. The number of furan rings is 1. The van der Waals surface area contributed by atoms with Gasteiger partial charge < -0.3 is 20.0 Å². The second kappa shape index (κ2) is 10.9. The van der Waals surface area contributed by atoms with Crippen molar-refractivity contribution in [3.8, 4) is 0 Å². The fourth-order valence-corrected chi connectivity index (χ4v) is 4.65. The van der Waals surface area contributed by atoms with Crippen LogP contribution in [0.5, 0.6) is 0 Å². The molecule has 5 N–H and O–H groups in total. The Hall–Kier alpha value is -3.74. The smallest absolute Gasteiger partial charge is 0.256 e. The molecule has 202 valence electrons. The van der Waals surface area contributed by atoms with Crippen LogP contribution in [0.2, 0.25) is 5.02 Å². The van der Waals surface area contributed by atoms with E-state index in [1.165, 1.54) is 0 Å². The summed E-state index contributed by atoms with van der Waals surface area (Å²) in [5.74, 6) is 1.12. The van der Waals surface area contributed by atoms with Crippen molar-refractivity contribution in [2.45, 2.75) is 46.7 Å². The molecule has 1 atom stereocenters. The third-order valence-electron chi connectivity index (χ3n) is 7.00. The fraction of sp³-hybridized carbons (Fsp3) is 0.400. The van der Waals surface area contributed by atoms with Gasteiger partial charge >= 0.3 is 0 Å². The Kier molecular flexibility index (Phi) is 7.86. The van der Waals surface area contributed by atoms with Gasteiger partial charge in [-0.3, -0.25) is 14.4 Å². The number of benzene rings is 1. The van der Waals surface area contributed by atoms with Gasteiger partial charge in [-0.15, -0.1) is 4.91 Å². The number of nitroso groups, excluding NO2 is 1. The average molecular weight is 544 g/mol. The van der Waals surface area contributed by atoms with E-state index in [2.05, 4.69) is 40.7 Å². The summed E-state index contributed by atoms with van der Waals surface area (Å²) in [6, 6.07) is 6.60. The van der Waals surface area contributed by atoms with Crippen LogP contribution in [-0.2, 0) is 6.54 Å². The quantitative estimate of drug-likeness (QED) is 0.0936. The van der Waals surface area contributed by atoms with Crippen LogP contribution >= 0.6 is 11.6 Å². The van der Waals surface area contributed by atoms with E-state index in [1.54, 1.807) is 17.0 Å². The van der Waals surface area contributed by atoms with Crippen molar-refractivity contribution in [3.63, 3.8) is 0 Å². The van der Waals surface area contributed by atoms with Crippen LogP contribution in [0.15, 0.2) is 43.6 Å². The fourth-order valence-electron chi connectivity index (χ4n) is 4.43. The van der Waals surface area contributed by atoms with Crippen LogP contribution in [0.1, 0.15) is 60.7 Å². The molecule has 1 aromatic heterocycles. The molecule has 4 rings (SSSR count). The SMILES string of the molecule is CCC(C)(C)[C@@H](Nc1c(Nc2ccc(Cl)c3c2C(=O)N(CCNNNN=O)C3)c(=O)c1=O)c1ccc(C)o1. The van der Waals surface area contributed by atoms with Crippen LogP contribution in [0.4, 0.5) is 17.1 Å². The van der Waals surface area contributed by atoms with Crippen molar-refractivity contribution in [2.75, 3.05) is 23.7 Å². The minimum Gasteiger partial charge on any atom is -0.464 e. The van der Waals surface area contributed by atoms with E-state index in [-0.39, 0.29) is 35.3 Å². The van der Waals surface area contributed by atoms with Crippen molar-refractivity contribution in [3.05, 3.63) is 77.3 Å². The normalized spacial score (nSPS) is 14.0. The number of carbonyl (C=O) groups is 1. The van der Waals surface area contributed by atoms with E-state index in [9.17, 15) is 19.3 Å². The van der Waals surface area contributed by atoms with Crippen LogP contribution in [0.3, 0.4) is 0 Å². The van der Waals surface area contributed by atoms with Gasteiger partial charge in [0.1, 0.15) is 22.9 Å². The number of nitrogens with one attached hydrogen (secondary N) is 5. The van der Waals surface area contributed by atoms with E-state index >= 15 is 0 Å². The van der Waals surface area contributed by atoms with Gasteiger partial charge in [-0.25, -0.2) is 5.43 Å². The zero-order valence-electron chi connectivity index (χ0n) is 21.5. The largest absolute Gasteiger partial charge is 0.464 e. The number of aryl methyl sites for hydroxylation is 1. The van der Waals surface area contributed by atoms with Gasteiger partial charge in [-0.05, 0) is 43.0 Å². The number of anilines is 3. The lowest BCUT2D eigenvalue weighted by Gasteiger charge is -2.34. The predicted octanol–water partition coefficient (Wildman–Crippen LogP) is 3.41. The van der Waals surface area contributed by atoms with Gasteiger partial charge in [0.15, 0.2) is 0 Å². The first-order valence-corrected chi connectivity index (χ1v) is 12.6. The second-order valence-electron chi connectivity index (χ2n) is 9.83. The zero-order chi connectivity index (χ0) is 27.6. The molecule has 38 heavy (non-hydrogen) atoms. The second-order valence-corrected chi connectivity index (χ2v) is 10.2. The van der Waals surface area contributed by atoms with Crippen LogP contribution in [-0.4, -0.2) is 23.9 Å². The number of carbonyl (C=O) groups excluding carboxylic acids is 1. The van der Waals surface area contributed by atoms with Gasteiger partial charge in [-0.2, -0.15) is 11.1 Å². The number of rotatable bonds is 13. The maximum Gasteiger partial charge on any atom is 0.256 e. The molecule has 0 aliphatic carbocycles. The lowest BCUT2D eigenvalue weighted by Crippen LogP contribution is -2.44. The highest BCUT2D eigenvalue weighted by Crippen LogP contribution is 2.41. The third-order valence-corrected chi connectivity index (χ3v) is 7.35. The number of hydrogen-bond donors (Lipinski definition) is 5. The summed E-state index contributed by atoms with van der Waals surface area (Å²) < 4.78 is 5.87. The van der Waals surface area contributed by atoms with E-state index in [1.807, 2.05) is 31.5 Å². The van der Waals surface area contributed by atoms with Gasteiger partial charge in [0.25, 0.3) is 16.8 Å². The standard InChI is InChI=1S/C25H30ClN7O5/c1-5-25(3,4)23(17-9-6-13(2)38-17)29-20-19(21(34)22(20)35)28-16-8-7-15(26)14-12-33(24(36)18(14)16)11-10-27-30-31-32-37/h6-9,23,28-29H,5,10-12H2,1-4H3,(H,30,32)(H2,27,31,37)/t23-/m0/s1. The molecule has 0 spiro atoms. The van der Waals surface area contributed by atoms with Gasteiger partial charge in [0.05, 0.1) is 22.6 Å². The molecule has 1 amide bonds. The average Bonchev–Trinajstić information content (AvgIpc) is 3.47. The van der Waals surface area contributed by atoms with Gasteiger partial charge in [0, 0.05) is 30.2 Å². The van der Waals surface area contributed by atoms with Crippen molar-refractivity contribution in [1.29, 1.82) is 0 Å². The number of hydrogen-bond acceptors (Lipinski definition) is 10. The van der Waals surface area contributed by atoms with Crippen molar-refractivity contribution in [2.24, 2.45) is 10.7 Å². The Morgan fingerprint density at radius 3 is 2.53 bits per heavy atom. The van der Waals surface area contributed by atoms with Crippen LogP contribution < -0.4 is 38.0 Å². The van der Waals surface area contributed by atoms with Crippen molar-refractivity contribution < 1.29 is 9.21 Å². The number of halogens is 1. The van der Waals surface area contributed by atoms with Crippen LogP contribution in [0, 0.1) is 17.2 Å². The summed E-state index contributed by atoms with van der Waals surface area (Å²) >= 11 is 6.40. The highest BCUT2D eigenvalue weighted by Gasteiger charge is 2.36. The summed E-state index contributed by atoms with van der Waals surface area (Å²) in [4.78, 5) is 50.2. The summed E-state index contributed by atoms with van der Waals surface area (Å²) in [6.07, 6.45) is 0.781. The molecule has 0 saturated heterocycles. The summed E-state index contributed by atoms with van der Waals surface area (Å²) in [7, 11) is 0. The monoisotopic (exact) mass is 543 g/mol. The molecule has 3 aromatic rings. The first-order chi connectivity index (χ1) is 18.1. The topological polar surface area (TPSA) is 157 Å². The zero-order valence-corrected chi connectivity index (χ0v) is 22.3. The minimum atomic E-state index is -0.672. The molecule has 2 aromatic carbocycles. The third kappa shape index (κ3) is 5.15. The van der Waals surface area contributed by atoms with E-state index in [0.717, 1.165) is 12.2 Å². The molecule has 12 nitrogen and oxygen atoms in total. The summed E-state index contributed by atoms with van der Waals surface area (Å²) in [6.45, 7) is 8.88. The van der Waals surface area contributed by atoms with Gasteiger partial charge in [-0.1, -0.05) is 32.4 Å². The first kappa shape index (κ1) is 27.3. The Morgan fingerprint density at radius 1 is 1.13 bits per heavy atom. The Bertz CT molecular complexity index is 1430. The molecule has 1 aliphatic rings. The van der Waals surface area contributed by atoms with Gasteiger partial charge in [0.2, 0.25) is 0 Å². The molecule has 0 bridgehead atoms. The van der Waals surface area contributed by atoms with E-state index in [0.29, 0.717) is 40.7 Å². The van der Waals surface area contributed by atoms with E-state index < -0.39 is 10.9 Å². The highest BCUT2D eigenvalue weighted by molar-refractivity contribution is 6.32. The minimum absolute atomic E-state index is 0.0873. The number of hydrazine groups is 2. The predicted molar refractivity (Wildman–Crippen MR) is 145 cm³/mol. The maximum atomic E-state index is 13.2. The highest BCUT2D eigenvalue weighted by atomic mass is 35.5. The molecular formula is C25H30ClN7O5. The first-order valence-electron chi connectivity index (χ1n) is 12.2. The van der Waals surface area contributed by atoms with Crippen LogP contribution in [0.25, 0.3) is 0 Å². The lowest BCUT2D eigenvalue weighted by molar-refractivity contribution is 0.0778. The molecule has 1 aliphatic heterocycles. The molecule has 0 radical (unpaired) electrons. The molecule has 2 heterocycles. The molecule has 13 heteroatoms. The lowest BCUT2D eigenvalue weighted by atomic mass is 9.80. The Labute approximate surface area is 223 Å². The number of amides is 1. The van der Waals surface area contributed by atoms with Crippen molar-refractivity contribution >= 4 is 34.6 Å².